The third kappa shape index (κ3) is 2.62. The number of aromatic amines is 1. The molecule has 1 aromatic rings. The zero-order valence-corrected chi connectivity index (χ0v) is 9.10. The van der Waals surface area contributed by atoms with Crippen molar-refractivity contribution in [2.75, 3.05) is 0 Å². The number of hydrogen-bond donors (Lipinski definition) is 3. The van der Waals surface area contributed by atoms with Crippen LogP contribution in [0.2, 0.25) is 0 Å². The van der Waals surface area contributed by atoms with Crippen LogP contribution >= 0.6 is 0 Å². The first kappa shape index (κ1) is 11.6. The third-order valence-corrected chi connectivity index (χ3v) is 2.69. The summed E-state index contributed by atoms with van der Waals surface area (Å²) in [5, 5.41) is 8.79. The molecule has 0 bridgehead atoms. The van der Waals surface area contributed by atoms with E-state index in [4.69, 9.17) is 9.94 Å². The maximum Gasteiger partial charge on any atom is 0.354 e. The fraction of sp³-hybridized carbons (Fsp3) is 0.500. The molecule has 3 N–H and O–H groups in total. The Balaban J connectivity index is 1.94. The number of aromatic carboxylic acids is 1. The van der Waals surface area contributed by atoms with E-state index in [1.165, 1.54) is 0 Å². The van der Waals surface area contributed by atoms with Crippen molar-refractivity contribution in [1.29, 1.82) is 0 Å². The number of H-pyrrole nitrogens is 1. The lowest BCUT2D eigenvalue weighted by Crippen LogP contribution is -2.29. The molecule has 0 unspecified atom stereocenters. The van der Waals surface area contributed by atoms with E-state index in [2.05, 4.69) is 15.4 Å². The van der Waals surface area contributed by atoms with E-state index in [0.29, 0.717) is 0 Å². The highest BCUT2D eigenvalue weighted by atomic mass is 16.7. The number of nitrogens with zero attached hydrogens (tertiary/aromatic N) is 1. The minimum atomic E-state index is -1.23. The van der Waals surface area contributed by atoms with Gasteiger partial charge in [0, 0.05) is 0 Å². The quantitative estimate of drug-likeness (QED) is 0.671. The van der Waals surface area contributed by atoms with Gasteiger partial charge in [0.2, 0.25) is 0 Å². The van der Waals surface area contributed by atoms with E-state index in [-0.39, 0.29) is 17.5 Å². The van der Waals surface area contributed by atoms with Crippen molar-refractivity contribution in [3.8, 4) is 0 Å². The summed E-state index contributed by atoms with van der Waals surface area (Å²) < 4.78 is 0. The van der Waals surface area contributed by atoms with Crippen molar-refractivity contribution in [3.05, 3.63) is 17.7 Å². The summed E-state index contributed by atoms with van der Waals surface area (Å²) in [6.45, 7) is 0. The van der Waals surface area contributed by atoms with E-state index in [1.54, 1.807) is 0 Å². The standard InChI is InChI=1S/C10H13N3O4/c14-9(13-17-6-3-1-2-4-6)7-8(10(15)16)12-5-11-7/h5-6H,1-4H2,(H,11,12)(H,13,14)(H,15,16). The molecule has 1 aromatic heterocycles. The van der Waals surface area contributed by atoms with Crippen molar-refractivity contribution in [3.63, 3.8) is 0 Å². The second-order valence-electron chi connectivity index (χ2n) is 3.89. The number of aromatic nitrogens is 2. The molecule has 1 fully saturated rings. The predicted octanol–water partition coefficient (Wildman–Crippen LogP) is 0.712. The van der Waals surface area contributed by atoms with Crippen molar-refractivity contribution in [1.82, 2.24) is 15.4 Å². The summed E-state index contributed by atoms with van der Waals surface area (Å²) in [6.07, 6.45) is 5.17. The second-order valence-corrected chi connectivity index (χ2v) is 3.89. The Kier molecular flexibility index (Phi) is 3.38. The first-order chi connectivity index (χ1) is 8.18. The Morgan fingerprint density at radius 2 is 2.18 bits per heavy atom. The smallest absolute Gasteiger partial charge is 0.354 e. The lowest BCUT2D eigenvalue weighted by molar-refractivity contribution is -0.0128. The van der Waals surface area contributed by atoms with E-state index in [1.807, 2.05) is 0 Å². The third-order valence-electron chi connectivity index (χ3n) is 2.69. The van der Waals surface area contributed by atoms with Crippen molar-refractivity contribution in [2.24, 2.45) is 0 Å². The van der Waals surface area contributed by atoms with E-state index >= 15 is 0 Å². The van der Waals surface area contributed by atoms with Gasteiger partial charge in [-0.1, -0.05) is 12.8 Å². The summed E-state index contributed by atoms with van der Waals surface area (Å²) in [7, 11) is 0. The number of rotatable bonds is 4. The molecule has 0 aromatic carbocycles. The molecule has 1 heterocycles. The van der Waals surface area contributed by atoms with Gasteiger partial charge in [0.1, 0.15) is 0 Å². The largest absolute Gasteiger partial charge is 0.477 e. The fourth-order valence-corrected chi connectivity index (χ4v) is 1.82. The molecule has 0 aliphatic heterocycles. The highest BCUT2D eigenvalue weighted by molar-refractivity contribution is 6.01. The van der Waals surface area contributed by atoms with Crippen LogP contribution < -0.4 is 5.48 Å². The molecule has 2 rings (SSSR count). The Bertz CT molecular complexity index is 423. The van der Waals surface area contributed by atoms with Gasteiger partial charge in [-0.05, 0) is 12.8 Å². The number of carbonyl (C=O) groups excluding carboxylic acids is 1. The van der Waals surface area contributed by atoms with Crippen LogP contribution in [0, 0.1) is 0 Å². The molecule has 0 radical (unpaired) electrons. The first-order valence-electron chi connectivity index (χ1n) is 5.41. The van der Waals surface area contributed by atoms with Gasteiger partial charge in [0.05, 0.1) is 12.4 Å². The normalized spacial score (nSPS) is 16.0. The molecule has 92 valence electrons. The Hall–Kier alpha value is -1.89. The lowest BCUT2D eigenvalue weighted by atomic mass is 10.3. The number of carboxylic acid groups (broad SMARTS) is 1. The summed E-state index contributed by atoms with van der Waals surface area (Å²) in [5.41, 5.74) is 1.83. The lowest BCUT2D eigenvalue weighted by Gasteiger charge is -2.10. The minimum absolute atomic E-state index is 0.0196. The van der Waals surface area contributed by atoms with Crippen molar-refractivity contribution >= 4 is 11.9 Å². The molecule has 0 saturated heterocycles. The zero-order chi connectivity index (χ0) is 12.3. The van der Waals surface area contributed by atoms with Gasteiger partial charge in [0.15, 0.2) is 11.4 Å². The minimum Gasteiger partial charge on any atom is -0.477 e. The summed E-state index contributed by atoms with van der Waals surface area (Å²) in [5.74, 6) is -1.87. The molecular weight excluding hydrogens is 226 g/mol. The number of amides is 1. The monoisotopic (exact) mass is 239 g/mol. The van der Waals surface area contributed by atoms with Crippen LogP contribution in [0.15, 0.2) is 6.33 Å². The van der Waals surface area contributed by atoms with Gasteiger partial charge < -0.3 is 10.1 Å². The first-order valence-corrected chi connectivity index (χ1v) is 5.41. The molecule has 7 nitrogen and oxygen atoms in total. The van der Waals surface area contributed by atoms with Crippen LogP contribution in [0.3, 0.4) is 0 Å². The highest BCUT2D eigenvalue weighted by Gasteiger charge is 2.22. The average molecular weight is 239 g/mol. The van der Waals surface area contributed by atoms with Crippen LogP contribution in [0.25, 0.3) is 0 Å². The number of hydrogen-bond acceptors (Lipinski definition) is 4. The predicted molar refractivity (Wildman–Crippen MR) is 56.4 cm³/mol. The summed E-state index contributed by atoms with van der Waals surface area (Å²) in [4.78, 5) is 33.6. The number of imidazole rings is 1. The van der Waals surface area contributed by atoms with Crippen molar-refractivity contribution < 1.29 is 19.5 Å². The van der Waals surface area contributed by atoms with E-state index in [0.717, 1.165) is 32.0 Å². The fourth-order valence-electron chi connectivity index (χ4n) is 1.82. The van der Waals surface area contributed by atoms with E-state index < -0.39 is 11.9 Å². The van der Waals surface area contributed by atoms with Gasteiger partial charge in [-0.3, -0.25) is 9.63 Å². The number of carboxylic acids is 1. The number of carbonyl (C=O) groups is 2. The van der Waals surface area contributed by atoms with E-state index in [9.17, 15) is 9.59 Å². The molecule has 17 heavy (non-hydrogen) atoms. The SMILES string of the molecule is O=C(NOC1CCCC1)c1nc[nH]c1C(=O)O. The number of hydroxylamine groups is 1. The van der Waals surface area contributed by atoms with Gasteiger partial charge in [0.25, 0.3) is 5.91 Å². The maximum absolute atomic E-state index is 11.6. The van der Waals surface area contributed by atoms with Crippen LogP contribution in [-0.2, 0) is 4.84 Å². The zero-order valence-electron chi connectivity index (χ0n) is 9.10. The Morgan fingerprint density at radius 3 is 2.82 bits per heavy atom. The molecule has 0 atom stereocenters. The van der Waals surface area contributed by atoms with Crippen LogP contribution in [0.1, 0.15) is 46.7 Å². The molecule has 0 spiro atoms. The van der Waals surface area contributed by atoms with Crippen LogP contribution in [0.5, 0.6) is 0 Å². The summed E-state index contributed by atoms with van der Waals surface area (Å²) >= 11 is 0. The van der Waals surface area contributed by atoms with Crippen molar-refractivity contribution in [2.45, 2.75) is 31.8 Å². The molecule has 1 aliphatic carbocycles. The second kappa shape index (κ2) is 4.96. The topological polar surface area (TPSA) is 104 Å². The van der Waals surface area contributed by atoms with Crippen LogP contribution in [-0.4, -0.2) is 33.1 Å². The van der Waals surface area contributed by atoms with Gasteiger partial charge in [-0.2, -0.15) is 0 Å². The maximum atomic E-state index is 11.6. The average Bonchev–Trinajstić information content (AvgIpc) is 2.96. The van der Waals surface area contributed by atoms with Gasteiger partial charge in [-0.25, -0.2) is 15.3 Å². The Labute approximate surface area is 97.1 Å². The van der Waals surface area contributed by atoms with Gasteiger partial charge in [-0.15, -0.1) is 0 Å². The molecular formula is C10H13N3O4. The number of nitrogens with one attached hydrogen (secondary N) is 2. The Morgan fingerprint density at radius 1 is 1.47 bits per heavy atom. The molecule has 7 heteroatoms. The van der Waals surface area contributed by atoms with Gasteiger partial charge >= 0.3 is 5.97 Å². The highest BCUT2D eigenvalue weighted by Crippen LogP contribution is 2.20. The summed E-state index contributed by atoms with van der Waals surface area (Å²) in [6, 6.07) is 0. The van der Waals surface area contributed by atoms with Crippen LogP contribution in [0.4, 0.5) is 0 Å². The molecule has 1 saturated carbocycles. The molecule has 1 aliphatic rings. The molecule has 1 amide bonds.